The molecule has 0 saturated carbocycles. The molecule has 17 heavy (non-hydrogen) atoms. The van der Waals surface area contributed by atoms with Gasteiger partial charge in [0.2, 0.25) is 0 Å². The quantitative estimate of drug-likeness (QED) is 0.769. The first kappa shape index (κ1) is 13.2. The van der Waals surface area contributed by atoms with Gasteiger partial charge in [-0.3, -0.25) is 0 Å². The fourth-order valence-electron chi connectivity index (χ4n) is 2.37. The third-order valence-electron chi connectivity index (χ3n) is 3.10. The second-order valence-electron chi connectivity index (χ2n) is 4.69. The molecule has 2 unspecified atom stereocenters. The highest BCUT2D eigenvalue weighted by atomic mass is 35.5. The Morgan fingerprint density at radius 3 is 2.59 bits per heavy atom. The molecule has 1 aromatic carbocycles. The van der Waals surface area contributed by atoms with E-state index in [2.05, 4.69) is 18.2 Å². The maximum atomic E-state index is 12.1. The molecule has 4 heteroatoms. The summed E-state index contributed by atoms with van der Waals surface area (Å²) in [7, 11) is 0. The van der Waals surface area contributed by atoms with Gasteiger partial charge in [0.25, 0.3) is 0 Å². The third kappa shape index (κ3) is 2.97. The van der Waals surface area contributed by atoms with Gasteiger partial charge in [-0.2, -0.15) is 0 Å². The lowest BCUT2D eigenvalue weighted by Crippen LogP contribution is -2.44. The fourth-order valence-corrected chi connectivity index (χ4v) is 4.10. The molecule has 1 fully saturated rings. The van der Waals surface area contributed by atoms with Crippen LogP contribution in [0.5, 0.6) is 0 Å². The van der Waals surface area contributed by atoms with Crippen molar-refractivity contribution in [2.24, 2.45) is 0 Å². The van der Waals surface area contributed by atoms with Crippen LogP contribution in [-0.4, -0.2) is 20.7 Å². The molecule has 1 saturated heterocycles. The molecule has 0 spiro atoms. The van der Waals surface area contributed by atoms with E-state index in [0.717, 1.165) is 23.6 Å². The Hall–Kier alpha value is -0.220. The molecule has 0 N–H and O–H groups in total. The Balaban J connectivity index is 2.25. The van der Waals surface area contributed by atoms with Crippen molar-refractivity contribution in [3.63, 3.8) is 0 Å². The van der Waals surface area contributed by atoms with E-state index < -0.39 is 11.4 Å². The van der Waals surface area contributed by atoms with Crippen LogP contribution < -0.4 is 0 Å². The smallest absolute Gasteiger partial charge is 0.125 e. The van der Waals surface area contributed by atoms with Crippen molar-refractivity contribution >= 4 is 23.0 Å². The van der Waals surface area contributed by atoms with Crippen LogP contribution in [0.3, 0.4) is 0 Å². The van der Waals surface area contributed by atoms with Crippen molar-refractivity contribution in [3.05, 3.63) is 34.9 Å². The van der Waals surface area contributed by atoms with Gasteiger partial charge in [0, 0.05) is 16.4 Å². The Morgan fingerprint density at radius 1 is 1.35 bits per heavy atom. The average Bonchev–Trinajstić information content (AvgIpc) is 2.29. The molecule has 2 rings (SSSR count). The summed E-state index contributed by atoms with van der Waals surface area (Å²) in [5.74, 6) is 0.794. The van der Waals surface area contributed by atoms with Gasteiger partial charge >= 0.3 is 0 Å². The minimum absolute atomic E-state index is 0.266. The van der Waals surface area contributed by atoms with Crippen LogP contribution >= 0.6 is 11.6 Å². The van der Waals surface area contributed by atoms with Crippen LogP contribution in [0.2, 0.25) is 5.02 Å². The summed E-state index contributed by atoms with van der Waals surface area (Å²) in [6.45, 7) is 4.21. The summed E-state index contributed by atoms with van der Waals surface area (Å²) in [4.78, 5) is 0. The average molecular weight is 272 g/mol. The zero-order valence-corrected chi connectivity index (χ0v) is 11.8. The fraction of sp³-hybridized carbons (Fsp3) is 0.538. The normalized spacial score (nSPS) is 26.4. The topological polar surface area (TPSA) is 26.3 Å². The van der Waals surface area contributed by atoms with Crippen molar-refractivity contribution in [1.29, 1.82) is 0 Å². The van der Waals surface area contributed by atoms with Crippen LogP contribution in [0.1, 0.15) is 38.3 Å². The summed E-state index contributed by atoms with van der Waals surface area (Å²) in [6.07, 6.45) is 2.11. The van der Waals surface area contributed by atoms with Crippen molar-refractivity contribution in [1.82, 2.24) is 4.31 Å². The van der Waals surface area contributed by atoms with Gasteiger partial charge in [-0.05, 0) is 44.4 Å². The van der Waals surface area contributed by atoms with Gasteiger partial charge in [-0.25, -0.2) is 0 Å². The SMILES string of the molecule is CC(C)N1C(c2ccc(Cl)cc2)CCC[S+]1[O-]. The van der Waals surface area contributed by atoms with Crippen molar-refractivity contribution in [3.8, 4) is 0 Å². The maximum Gasteiger partial charge on any atom is 0.125 e. The highest BCUT2D eigenvalue weighted by Crippen LogP contribution is 2.35. The molecule has 1 heterocycles. The predicted octanol–water partition coefficient (Wildman–Crippen LogP) is 3.55. The van der Waals surface area contributed by atoms with Gasteiger partial charge in [-0.15, -0.1) is 4.31 Å². The van der Waals surface area contributed by atoms with Crippen LogP contribution in [0, 0.1) is 0 Å². The zero-order valence-electron chi connectivity index (χ0n) is 10.2. The second-order valence-corrected chi connectivity index (χ2v) is 6.60. The summed E-state index contributed by atoms with van der Waals surface area (Å²) >= 11 is 5.06. The Kier molecular flexibility index (Phi) is 4.36. The summed E-state index contributed by atoms with van der Waals surface area (Å²) < 4.78 is 14.2. The highest BCUT2D eigenvalue weighted by Gasteiger charge is 2.36. The van der Waals surface area contributed by atoms with E-state index in [1.807, 2.05) is 24.3 Å². The monoisotopic (exact) mass is 271 g/mol. The molecule has 1 aliphatic rings. The first-order valence-electron chi connectivity index (χ1n) is 6.02. The minimum atomic E-state index is -0.844. The first-order chi connectivity index (χ1) is 8.09. The van der Waals surface area contributed by atoms with Crippen molar-refractivity contribution in [2.75, 3.05) is 5.75 Å². The Labute approximate surface area is 111 Å². The molecular formula is C13H18ClNOS. The number of hydrogen-bond donors (Lipinski definition) is 0. The zero-order chi connectivity index (χ0) is 12.4. The van der Waals surface area contributed by atoms with E-state index in [4.69, 9.17) is 11.6 Å². The van der Waals surface area contributed by atoms with E-state index in [1.54, 1.807) is 0 Å². The highest BCUT2D eigenvalue weighted by molar-refractivity contribution is 7.89. The van der Waals surface area contributed by atoms with Gasteiger partial charge in [-0.1, -0.05) is 23.7 Å². The number of rotatable bonds is 2. The predicted molar refractivity (Wildman–Crippen MR) is 73.4 cm³/mol. The number of halogens is 1. The lowest BCUT2D eigenvalue weighted by atomic mass is 10.0. The first-order valence-corrected chi connectivity index (χ1v) is 7.67. The van der Waals surface area contributed by atoms with E-state index in [-0.39, 0.29) is 6.04 Å². The van der Waals surface area contributed by atoms with E-state index >= 15 is 0 Å². The minimum Gasteiger partial charge on any atom is -0.598 e. The second kappa shape index (κ2) is 5.61. The van der Waals surface area contributed by atoms with E-state index in [9.17, 15) is 4.55 Å². The Morgan fingerprint density at radius 2 is 2.00 bits per heavy atom. The van der Waals surface area contributed by atoms with Gasteiger partial charge in [0.15, 0.2) is 0 Å². The third-order valence-corrected chi connectivity index (χ3v) is 5.14. The largest absolute Gasteiger partial charge is 0.598 e. The molecule has 0 amide bonds. The number of hydrogen-bond acceptors (Lipinski definition) is 2. The number of benzene rings is 1. The van der Waals surface area contributed by atoms with Crippen molar-refractivity contribution in [2.45, 2.75) is 38.8 Å². The number of nitrogens with zero attached hydrogens (tertiary/aromatic N) is 1. The van der Waals surface area contributed by atoms with Gasteiger partial charge < -0.3 is 4.55 Å². The molecule has 94 valence electrons. The Bertz CT molecular complexity index is 368. The molecular weight excluding hydrogens is 254 g/mol. The molecule has 0 radical (unpaired) electrons. The summed E-state index contributed by atoms with van der Waals surface area (Å²) in [5.41, 5.74) is 1.22. The standard InChI is InChI=1S/C13H18ClNOS/c1-10(2)15-13(4-3-9-17(15)16)11-5-7-12(14)8-6-11/h5-8,10,13H,3-4,9H2,1-2H3. The molecule has 1 aliphatic heterocycles. The van der Waals surface area contributed by atoms with E-state index in [1.165, 1.54) is 5.56 Å². The maximum absolute atomic E-state index is 12.1. The van der Waals surface area contributed by atoms with E-state index in [0.29, 0.717) is 6.04 Å². The van der Waals surface area contributed by atoms with Crippen LogP contribution in [-0.2, 0) is 11.4 Å². The van der Waals surface area contributed by atoms with Crippen molar-refractivity contribution < 1.29 is 4.55 Å². The lowest BCUT2D eigenvalue weighted by Gasteiger charge is -2.38. The summed E-state index contributed by atoms with van der Waals surface area (Å²) in [6, 6.07) is 8.48. The van der Waals surface area contributed by atoms with Crippen LogP contribution in [0.4, 0.5) is 0 Å². The molecule has 0 aromatic heterocycles. The molecule has 2 nitrogen and oxygen atoms in total. The summed E-state index contributed by atoms with van der Waals surface area (Å²) in [5, 5.41) is 0.752. The molecule has 0 bridgehead atoms. The van der Waals surface area contributed by atoms with Crippen LogP contribution in [0.15, 0.2) is 24.3 Å². The van der Waals surface area contributed by atoms with Gasteiger partial charge in [0.05, 0.1) is 12.1 Å². The van der Waals surface area contributed by atoms with Crippen LogP contribution in [0.25, 0.3) is 0 Å². The molecule has 0 aliphatic carbocycles. The molecule has 2 atom stereocenters. The molecule has 1 aromatic rings. The lowest BCUT2D eigenvalue weighted by molar-refractivity contribution is 0.247. The van der Waals surface area contributed by atoms with Gasteiger partial charge in [0.1, 0.15) is 5.75 Å².